The third kappa shape index (κ3) is 2.03. The van der Waals surface area contributed by atoms with Crippen LogP contribution in [0.25, 0.3) is 0 Å². The number of carbonyl (C=O) groups excluding carboxylic acids is 1. The van der Waals surface area contributed by atoms with Gasteiger partial charge in [0.2, 0.25) is 0 Å². The number of benzene rings is 1. The number of hydrogen-bond donors (Lipinski definition) is 0. The van der Waals surface area contributed by atoms with Gasteiger partial charge >= 0.3 is 5.91 Å². The highest BCUT2D eigenvalue weighted by molar-refractivity contribution is 5.91. The first-order valence-corrected chi connectivity index (χ1v) is 6.71. The standard InChI is InChI=1S/C16H16N2O2/c1-17(16(19)15-8-4-5-11-18(15)20)14-10-9-12-6-2-3-7-13(12)14/h2-8,11,14H,9-10H2,1H3/t14-/m0/s1. The first-order chi connectivity index (χ1) is 9.68. The SMILES string of the molecule is CN(C(=O)c1cccc[n+]1[O-])[C@H]1CCc2ccccc21. The normalized spacial score (nSPS) is 16.8. The van der Waals surface area contributed by atoms with Crippen LogP contribution in [0, 0.1) is 5.21 Å². The van der Waals surface area contributed by atoms with Gasteiger partial charge in [0.1, 0.15) is 0 Å². The van der Waals surface area contributed by atoms with Crippen LogP contribution in [0.5, 0.6) is 0 Å². The zero-order valence-corrected chi connectivity index (χ0v) is 11.3. The van der Waals surface area contributed by atoms with Crippen LogP contribution < -0.4 is 4.73 Å². The lowest BCUT2D eigenvalue weighted by atomic mass is 10.1. The predicted molar refractivity (Wildman–Crippen MR) is 75.0 cm³/mol. The van der Waals surface area contributed by atoms with Gasteiger partial charge in [0.15, 0.2) is 6.20 Å². The second-order valence-corrected chi connectivity index (χ2v) is 5.08. The van der Waals surface area contributed by atoms with Gasteiger partial charge in [-0.2, -0.15) is 4.73 Å². The van der Waals surface area contributed by atoms with Crippen LogP contribution in [-0.2, 0) is 6.42 Å². The fourth-order valence-electron chi connectivity index (χ4n) is 2.85. The van der Waals surface area contributed by atoms with Gasteiger partial charge in [-0.15, -0.1) is 0 Å². The maximum Gasteiger partial charge on any atom is 0.320 e. The Bertz CT molecular complexity index is 654. The third-order valence-electron chi connectivity index (χ3n) is 3.93. The van der Waals surface area contributed by atoms with E-state index in [1.807, 2.05) is 12.1 Å². The molecule has 0 radical (unpaired) electrons. The molecule has 1 heterocycles. The topological polar surface area (TPSA) is 47.2 Å². The number of carbonyl (C=O) groups is 1. The average molecular weight is 268 g/mol. The molecule has 3 rings (SSSR count). The summed E-state index contributed by atoms with van der Waals surface area (Å²) in [5.41, 5.74) is 2.65. The zero-order valence-electron chi connectivity index (χ0n) is 11.3. The molecule has 1 aromatic heterocycles. The van der Waals surface area contributed by atoms with E-state index >= 15 is 0 Å². The summed E-state index contributed by atoms with van der Waals surface area (Å²) in [6.45, 7) is 0. The van der Waals surface area contributed by atoms with Crippen molar-refractivity contribution >= 4 is 5.91 Å². The summed E-state index contributed by atoms with van der Waals surface area (Å²) < 4.78 is 0.625. The van der Waals surface area contributed by atoms with E-state index in [1.54, 1.807) is 30.1 Å². The fraction of sp³-hybridized carbons (Fsp3) is 0.250. The Morgan fingerprint density at radius 3 is 2.80 bits per heavy atom. The summed E-state index contributed by atoms with van der Waals surface area (Å²) >= 11 is 0. The minimum absolute atomic E-state index is 0.0545. The summed E-state index contributed by atoms with van der Waals surface area (Å²) in [5.74, 6) is -0.234. The van der Waals surface area contributed by atoms with E-state index in [2.05, 4.69) is 12.1 Å². The first kappa shape index (κ1) is 12.7. The molecule has 102 valence electrons. The van der Waals surface area contributed by atoms with Crippen molar-refractivity contribution in [1.29, 1.82) is 0 Å². The van der Waals surface area contributed by atoms with Crippen LogP contribution in [0.1, 0.15) is 34.1 Å². The molecule has 1 aromatic carbocycles. The fourth-order valence-corrected chi connectivity index (χ4v) is 2.85. The third-order valence-corrected chi connectivity index (χ3v) is 3.93. The van der Waals surface area contributed by atoms with Gasteiger partial charge in [-0.25, -0.2) is 0 Å². The zero-order chi connectivity index (χ0) is 14.1. The number of aryl methyl sites for hydroxylation is 1. The molecule has 0 N–H and O–H groups in total. The lowest BCUT2D eigenvalue weighted by Gasteiger charge is -2.24. The van der Waals surface area contributed by atoms with Crippen molar-refractivity contribution in [1.82, 2.24) is 4.90 Å². The van der Waals surface area contributed by atoms with E-state index in [0.717, 1.165) is 12.8 Å². The minimum atomic E-state index is -0.234. The monoisotopic (exact) mass is 268 g/mol. The summed E-state index contributed by atoms with van der Waals surface area (Å²) in [5, 5.41) is 11.7. The molecule has 2 aromatic rings. The number of nitrogens with zero attached hydrogens (tertiary/aromatic N) is 2. The Kier molecular flexibility index (Phi) is 3.14. The van der Waals surface area contributed by atoms with Crippen LogP contribution in [0.2, 0.25) is 0 Å². The van der Waals surface area contributed by atoms with Gasteiger partial charge in [0.25, 0.3) is 5.69 Å². The number of fused-ring (bicyclic) bond motifs is 1. The highest BCUT2D eigenvalue weighted by Crippen LogP contribution is 2.35. The van der Waals surface area contributed by atoms with Crippen molar-refractivity contribution in [2.75, 3.05) is 7.05 Å². The van der Waals surface area contributed by atoms with E-state index in [4.69, 9.17) is 0 Å². The molecular weight excluding hydrogens is 252 g/mol. The van der Waals surface area contributed by atoms with E-state index in [0.29, 0.717) is 4.73 Å². The van der Waals surface area contributed by atoms with Gasteiger partial charge in [-0.3, -0.25) is 4.79 Å². The minimum Gasteiger partial charge on any atom is -0.618 e. The molecule has 0 saturated carbocycles. The Hall–Kier alpha value is -2.36. The van der Waals surface area contributed by atoms with E-state index in [9.17, 15) is 10.0 Å². The van der Waals surface area contributed by atoms with Crippen molar-refractivity contribution in [2.45, 2.75) is 18.9 Å². The molecule has 20 heavy (non-hydrogen) atoms. The number of rotatable bonds is 2. The van der Waals surface area contributed by atoms with Crippen molar-refractivity contribution in [3.63, 3.8) is 0 Å². The summed E-state index contributed by atoms with van der Waals surface area (Å²) in [4.78, 5) is 14.1. The lowest BCUT2D eigenvalue weighted by Crippen LogP contribution is -2.40. The van der Waals surface area contributed by atoms with Crippen LogP contribution >= 0.6 is 0 Å². The summed E-state index contributed by atoms with van der Waals surface area (Å²) in [7, 11) is 1.77. The second-order valence-electron chi connectivity index (χ2n) is 5.08. The molecule has 0 spiro atoms. The second kappa shape index (κ2) is 4.96. The molecule has 0 saturated heterocycles. The highest BCUT2D eigenvalue weighted by atomic mass is 16.5. The maximum atomic E-state index is 12.5. The van der Waals surface area contributed by atoms with E-state index in [1.165, 1.54) is 17.3 Å². The number of hydrogen-bond acceptors (Lipinski definition) is 2. The summed E-state index contributed by atoms with van der Waals surface area (Å²) in [6.07, 6.45) is 3.24. The van der Waals surface area contributed by atoms with Gasteiger partial charge < -0.3 is 10.1 Å². The summed E-state index contributed by atoms with van der Waals surface area (Å²) in [6, 6.07) is 13.1. The molecule has 4 heteroatoms. The molecular formula is C16H16N2O2. The number of pyridine rings is 1. The molecule has 1 atom stereocenters. The molecule has 1 aliphatic carbocycles. The Morgan fingerprint density at radius 1 is 1.25 bits per heavy atom. The van der Waals surface area contributed by atoms with Crippen molar-refractivity contribution in [3.8, 4) is 0 Å². The van der Waals surface area contributed by atoms with E-state index in [-0.39, 0.29) is 17.6 Å². The van der Waals surface area contributed by atoms with E-state index < -0.39 is 0 Å². The predicted octanol–water partition coefficient (Wildman–Crippen LogP) is 2.08. The lowest BCUT2D eigenvalue weighted by molar-refractivity contribution is -0.608. The average Bonchev–Trinajstić information content (AvgIpc) is 2.90. The van der Waals surface area contributed by atoms with Gasteiger partial charge in [-0.1, -0.05) is 24.3 Å². The first-order valence-electron chi connectivity index (χ1n) is 6.71. The van der Waals surface area contributed by atoms with Crippen molar-refractivity contribution in [3.05, 3.63) is 70.7 Å². The molecule has 0 unspecified atom stereocenters. The van der Waals surface area contributed by atoms with Crippen molar-refractivity contribution < 1.29 is 9.52 Å². The number of aromatic nitrogens is 1. The van der Waals surface area contributed by atoms with Crippen LogP contribution in [-0.4, -0.2) is 17.9 Å². The molecule has 0 aliphatic heterocycles. The maximum absolute atomic E-state index is 12.5. The number of amides is 1. The Morgan fingerprint density at radius 2 is 2.00 bits per heavy atom. The Balaban J connectivity index is 1.89. The molecule has 1 amide bonds. The molecule has 0 bridgehead atoms. The van der Waals surface area contributed by atoms with Gasteiger partial charge in [0, 0.05) is 19.2 Å². The highest BCUT2D eigenvalue weighted by Gasteiger charge is 2.31. The largest absolute Gasteiger partial charge is 0.618 e. The smallest absolute Gasteiger partial charge is 0.320 e. The quantitative estimate of drug-likeness (QED) is 0.618. The Labute approximate surface area is 117 Å². The van der Waals surface area contributed by atoms with Crippen LogP contribution in [0.4, 0.5) is 0 Å². The molecule has 0 fully saturated rings. The molecule has 4 nitrogen and oxygen atoms in total. The van der Waals surface area contributed by atoms with Gasteiger partial charge in [-0.05, 0) is 30.0 Å². The van der Waals surface area contributed by atoms with Crippen LogP contribution in [0.15, 0.2) is 48.7 Å². The molecule has 1 aliphatic rings. The van der Waals surface area contributed by atoms with Crippen LogP contribution in [0.3, 0.4) is 0 Å². The van der Waals surface area contributed by atoms with Crippen molar-refractivity contribution in [2.24, 2.45) is 0 Å². The van der Waals surface area contributed by atoms with Gasteiger partial charge in [0.05, 0.1) is 6.04 Å².